The molecule has 80 heavy (non-hydrogen) atoms. The standard InChI is InChI=1S/C74H126O6/c1-4-7-10-13-16-19-22-25-28-31-32-33-34-35-36-37-38-39-40-41-42-44-46-49-52-55-58-61-64-67-73(76)79-70-71(69-78-72(75)66-63-60-57-54-51-48-45-30-27-24-21-18-15-12-9-6-3)80-74(77)68-65-62-59-56-53-50-47-43-29-26-23-20-17-14-11-8-5-2/h7-8,10-11,16-17,19-20,25-26,28-29,32-33,35-36,47,50,71H,4-6,9,12-15,18,21-24,27,30-31,34,37-46,48-49,51-70H2,1-3H3/b10-7-,11-8-,19-16-,20-17-,28-25-,29-26-,33-32-,36-35-,50-47-. The fourth-order valence-corrected chi connectivity index (χ4v) is 9.52. The summed E-state index contributed by atoms with van der Waals surface area (Å²) >= 11 is 0. The van der Waals surface area contributed by atoms with E-state index in [0.29, 0.717) is 19.3 Å². The molecule has 0 radical (unpaired) electrons. The molecular weight excluding hydrogens is 985 g/mol. The average Bonchev–Trinajstić information content (AvgIpc) is 3.46. The summed E-state index contributed by atoms with van der Waals surface area (Å²) in [4.78, 5) is 38.4. The van der Waals surface area contributed by atoms with Gasteiger partial charge in [0.2, 0.25) is 0 Å². The van der Waals surface area contributed by atoms with Crippen LogP contribution in [0.3, 0.4) is 0 Å². The van der Waals surface area contributed by atoms with Gasteiger partial charge in [0.05, 0.1) is 0 Å². The maximum absolute atomic E-state index is 12.9. The number of ether oxygens (including phenoxy) is 3. The molecule has 0 saturated carbocycles. The maximum Gasteiger partial charge on any atom is 0.306 e. The van der Waals surface area contributed by atoms with Crippen LogP contribution in [0.15, 0.2) is 109 Å². The highest BCUT2D eigenvalue weighted by molar-refractivity contribution is 5.71. The van der Waals surface area contributed by atoms with E-state index in [0.717, 1.165) is 128 Å². The van der Waals surface area contributed by atoms with E-state index in [4.69, 9.17) is 14.2 Å². The molecule has 0 spiro atoms. The Kier molecular flexibility index (Phi) is 64.3. The van der Waals surface area contributed by atoms with E-state index in [1.54, 1.807) is 0 Å². The molecule has 0 saturated heterocycles. The molecule has 0 rings (SSSR count). The Hall–Kier alpha value is -3.93. The number of unbranched alkanes of at least 4 members (excludes halogenated alkanes) is 32. The first-order valence-electron chi connectivity index (χ1n) is 33.9. The van der Waals surface area contributed by atoms with Crippen LogP contribution < -0.4 is 0 Å². The average molecular weight is 1110 g/mol. The van der Waals surface area contributed by atoms with Gasteiger partial charge in [-0.2, -0.15) is 0 Å². The normalized spacial score (nSPS) is 12.8. The highest BCUT2D eigenvalue weighted by Crippen LogP contribution is 2.17. The van der Waals surface area contributed by atoms with Crippen LogP contribution in [0.2, 0.25) is 0 Å². The summed E-state index contributed by atoms with van der Waals surface area (Å²) in [6.07, 6.45) is 92.5. The molecule has 0 heterocycles. The SMILES string of the molecule is CC/C=C\C/C=C\C/C=C\C/C=C\C/C=C\CCCCCCCCCCCCCCCC(=O)OCC(COC(=O)CCCCCCCCCCCCCCCCCC)OC(=O)CCCCCC/C=C\C/C=C\C/C=C\C/C=C\CC. The summed E-state index contributed by atoms with van der Waals surface area (Å²) in [6.45, 7) is 6.43. The fourth-order valence-electron chi connectivity index (χ4n) is 9.52. The lowest BCUT2D eigenvalue weighted by Crippen LogP contribution is -2.30. The van der Waals surface area contributed by atoms with Crippen molar-refractivity contribution in [2.45, 2.75) is 329 Å². The molecule has 0 bridgehead atoms. The van der Waals surface area contributed by atoms with Crippen molar-refractivity contribution < 1.29 is 28.6 Å². The van der Waals surface area contributed by atoms with Crippen molar-refractivity contribution >= 4 is 17.9 Å². The molecule has 458 valence electrons. The van der Waals surface area contributed by atoms with Crippen molar-refractivity contribution in [1.82, 2.24) is 0 Å². The third kappa shape index (κ3) is 64.9. The van der Waals surface area contributed by atoms with Gasteiger partial charge in [-0.1, -0.05) is 310 Å². The lowest BCUT2D eigenvalue weighted by Gasteiger charge is -2.18. The number of allylic oxidation sites excluding steroid dienone is 18. The smallest absolute Gasteiger partial charge is 0.306 e. The fraction of sp³-hybridized carbons (Fsp3) is 0.716. The van der Waals surface area contributed by atoms with Crippen LogP contribution in [0.5, 0.6) is 0 Å². The highest BCUT2D eigenvalue weighted by atomic mass is 16.6. The Morgan fingerprint density at radius 3 is 0.762 bits per heavy atom. The summed E-state index contributed by atoms with van der Waals surface area (Å²) in [5.41, 5.74) is 0. The van der Waals surface area contributed by atoms with E-state index >= 15 is 0 Å². The predicted octanol–water partition coefficient (Wildman–Crippen LogP) is 23.4. The van der Waals surface area contributed by atoms with Crippen molar-refractivity contribution in [3.63, 3.8) is 0 Å². The van der Waals surface area contributed by atoms with Crippen LogP contribution in [-0.4, -0.2) is 37.2 Å². The van der Waals surface area contributed by atoms with Crippen molar-refractivity contribution in [2.75, 3.05) is 13.2 Å². The Morgan fingerprint density at radius 1 is 0.263 bits per heavy atom. The third-order valence-corrected chi connectivity index (χ3v) is 14.5. The first-order chi connectivity index (χ1) is 39.5. The zero-order valence-electron chi connectivity index (χ0n) is 52.6. The van der Waals surface area contributed by atoms with Crippen LogP contribution in [0.4, 0.5) is 0 Å². The topological polar surface area (TPSA) is 78.9 Å². The minimum absolute atomic E-state index is 0.0853. The first kappa shape index (κ1) is 76.1. The number of rotatable bonds is 61. The van der Waals surface area contributed by atoms with Crippen molar-refractivity contribution in [1.29, 1.82) is 0 Å². The number of carbonyl (C=O) groups excluding carboxylic acids is 3. The van der Waals surface area contributed by atoms with E-state index in [9.17, 15) is 14.4 Å². The predicted molar refractivity (Wildman–Crippen MR) is 348 cm³/mol. The molecule has 0 aliphatic heterocycles. The summed E-state index contributed by atoms with van der Waals surface area (Å²) in [7, 11) is 0. The monoisotopic (exact) mass is 1110 g/mol. The van der Waals surface area contributed by atoms with E-state index in [-0.39, 0.29) is 31.1 Å². The van der Waals surface area contributed by atoms with Crippen LogP contribution in [-0.2, 0) is 28.6 Å². The van der Waals surface area contributed by atoms with Gasteiger partial charge < -0.3 is 14.2 Å². The van der Waals surface area contributed by atoms with E-state index in [1.807, 2.05) is 0 Å². The summed E-state index contributed by atoms with van der Waals surface area (Å²) in [6, 6.07) is 0. The lowest BCUT2D eigenvalue weighted by atomic mass is 10.0. The molecule has 0 amide bonds. The molecule has 0 aliphatic carbocycles. The number of esters is 3. The zero-order chi connectivity index (χ0) is 57.8. The number of hydrogen-bond donors (Lipinski definition) is 0. The van der Waals surface area contributed by atoms with Gasteiger partial charge in [-0.05, 0) is 103 Å². The lowest BCUT2D eigenvalue weighted by molar-refractivity contribution is -0.167. The third-order valence-electron chi connectivity index (χ3n) is 14.5. The van der Waals surface area contributed by atoms with E-state index in [2.05, 4.69) is 130 Å². The van der Waals surface area contributed by atoms with Crippen LogP contribution in [0, 0.1) is 0 Å². The number of hydrogen-bond acceptors (Lipinski definition) is 6. The van der Waals surface area contributed by atoms with Gasteiger partial charge >= 0.3 is 17.9 Å². The van der Waals surface area contributed by atoms with Crippen LogP contribution in [0.1, 0.15) is 323 Å². The van der Waals surface area contributed by atoms with Gasteiger partial charge in [-0.15, -0.1) is 0 Å². The molecule has 0 aromatic heterocycles. The molecule has 0 aliphatic rings. The molecule has 0 N–H and O–H groups in total. The number of carbonyl (C=O) groups is 3. The summed E-state index contributed by atoms with van der Waals surface area (Å²) < 4.78 is 16.9. The highest BCUT2D eigenvalue weighted by Gasteiger charge is 2.19. The quantitative estimate of drug-likeness (QED) is 0.0261. The second-order valence-corrected chi connectivity index (χ2v) is 22.3. The van der Waals surface area contributed by atoms with Crippen molar-refractivity contribution in [2.24, 2.45) is 0 Å². The van der Waals surface area contributed by atoms with Crippen molar-refractivity contribution in [3.05, 3.63) is 109 Å². The van der Waals surface area contributed by atoms with Crippen LogP contribution in [0.25, 0.3) is 0 Å². The second-order valence-electron chi connectivity index (χ2n) is 22.3. The van der Waals surface area contributed by atoms with E-state index < -0.39 is 6.10 Å². The minimum atomic E-state index is -0.792. The second kappa shape index (κ2) is 67.6. The summed E-state index contributed by atoms with van der Waals surface area (Å²) in [5, 5.41) is 0. The maximum atomic E-state index is 12.9. The van der Waals surface area contributed by atoms with E-state index in [1.165, 1.54) is 154 Å². The van der Waals surface area contributed by atoms with Gasteiger partial charge in [0, 0.05) is 19.3 Å². The Balaban J connectivity index is 4.31. The molecule has 0 fully saturated rings. The molecule has 0 aromatic rings. The Labute approximate surface area is 495 Å². The van der Waals surface area contributed by atoms with Crippen LogP contribution >= 0.6 is 0 Å². The first-order valence-corrected chi connectivity index (χ1v) is 33.9. The zero-order valence-corrected chi connectivity index (χ0v) is 52.6. The van der Waals surface area contributed by atoms with Crippen molar-refractivity contribution in [3.8, 4) is 0 Å². The Bertz CT molecular complexity index is 1610. The van der Waals surface area contributed by atoms with Gasteiger partial charge in [0.1, 0.15) is 13.2 Å². The largest absolute Gasteiger partial charge is 0.462 e. The molecule has 6 heteroatoms. The van der Waals surface area contributed by atoms with Gasteiger partial charge in [0.25, 0.3) is 0 Å². The molecular formula is C74H126O6. The molecule has 1 atom stereocenters. The van der Waals surface area contributed by atoms with Gasteiger partial charge in [0.15, 0.2) is 6.10 Å². The van der Waals surface area contributed by atoms with Gasteiger partial charge in [-0.3, -0.25) is 14.4 Å². The molecule has 6 nitrogen and oxygen atoms in total. The Morgan fingerprint density at radius 2 is 0.487 bits per heavy atom. The van der Waals surface area contributed by atoms with Gasteiger partial charge in [-0.25, -0.2) is 0 Å². The molecule has 1 unspecified atom stereocenters. The summed E-state index contributed by atoms with van der Waals surface area (Å²) in [5.74, 6) is -0.897. The molecule has 0 aromatic carbocycles. The minimum Gasteiger partial charge on any atom is -0.462 e.